The Bertz CT molecular complexity index is 784. The van der Waals surface area contributed by atoms with Gasteiger partial charge in [-0.15, -0.1) is 0 Å². The predicted molar refractivity (Wildman–Crippen MR) is 94.0 cm³/mol. The van der Waals surface area contributed by atoms with Gasteiger partial charge in [-0.05, 0) is 56.2 Å². The van der Waals surface area contributed by atoms with Gasteiger partial charge in [-0.2, -0.15) is 0 Å². The number of piperidine rings is 2. The lowest BCUT2D eigenvalue weighted by molar-refractivity contribution is -0.123. The average molecular weight is 320 g/mol. The molecule has 1 saturated carbocycles. The molecule has 4 aliphatic heterocycles. The number of carbonyl (C=O) groups excluding carboxylic acids is 1. The molecule has 4 heterocycles. The van der Waals surface area contributed by atoms with Crippen LogP contribution < -0.4 is 4.90 Å². The minimum absolute atomic E-state index is 0.201. The zero-order valence-corrected chi connectivity index (χ0v) is 14.2. The van der Waals surface area contributed by atoms with Gasteiger partial charge in [-0.1, -0.05) is 29.8 Å². The topological polar surface area (TPSA) is 23.6 Å². The number of hydrogen-bond acceptors (Lipinski definition) is 2. The van der Waals surface area contributed by atoms with Gasteiger partial charge in [-0.25, -0.2) is 0 Å². The van der Waals surface area contributed by atoms with Gasteiger partial charge < -0.3 is 4.90 Å². The fraction of sp³-hybridized carbons (Fsp3) is 0.571. The fourth-order valence-corrected chi connectivity index (χ4v) is 7.15. The maximum absolute atomic E-state index is 12.9. The molecule has 5 atom stereocenters. The van der Waals surface area contributed by atoms with E-state index in [1.165, 1.54) is 30.6 Å². The van der Waals surface area contributed by atoms with Crippen LogP contribution in [0.1, 0.15) is 38.2 Å². The molecule has 3 heteroatoms. The maximum atomic E-state index is 12.9. The Labute approximate surface area is 143 Å². The van der Waals surface area contributed by atoms with E-state index in [0.717, 1.165) is 19.4 Å². The van der Waals surface area contributed by atoms with Crippen molar-refractivity contribution < 1.29 is 4.79 Å². The van der Waals surface area contributed by atoms with E-state index < -0.39 is 0 Å². The molecule has 124 valence electrons. The van der Waals surface area contributed by atoms with Crippen molar-refractivity contribution in [1.29, 1.82) is 0 Å². The summed E-state index contributed by atoms with van der Waals surface area (Å²) in [5.74, 6) is 1.70. The minimum Gasteiger partial charge on any atom is -0.308 e. The Balaban J connectivity index is 1.64. The van der Waals surface area contributed by atoms with Crippen LogP contribution in [0.5, 0.6) is 0 Å². The molecular weight excluding hydrogens is 296 g/mol. The number of anilines is 1. The first-order chi connectivity index (χ1) is 11.8. The van der Waals surface area contributed by atoms with Gasteiger partial charge in [-0.3, -0.25) is 9.69 Å². The summed E-state index contributed by atoms with van der Waals surface area (Å²) in [4.78, 5) is 17.9. The van der Waals surface area contributed by atoms with E-state index in [4.69, 9.17) is 0 Å². The Morgan fingerprint density at radius 1 is 1.29 bits per heavy atom. The second kappa shape index (κ2) is 4.32. The van der Waals surface area contributed by atoms with Gasteiger partial charge in [0.25, 0.3) is 0 Å². The van der Waals surface area contributed by atoms with Crippen LogP contribution in [-0.4, -0.2) is 36.0 Å². The molecule has 2 bridgehead atoms. The first kappa shape index (κ1) is 13.7. The van der Waals surface area contributed by atoms with E-state index in [0.29, 0.717) is 29.8 Å². The smallest absolute Gasteiger partial charge is 0.227 e. The summed E-state index contributed by atoms with van der Waals surface area (Å²) in [7, 11) is 0. The Hall–Kier alpha value is -1.61. The SMILES string of the molecule is CC=C1CN2CCC34c5ccccc5N5C(=O)CCC(C1CC23)C54. The van der Waals surface area contributed by atoms with Crippen LogP contribution in [0, 0.1) is 11.8 Å². The molecule has 3 saturated heterocycles. The minimum atomic E-state index is 0.201. The van der Waals surface area contributed by atoms with Crippen LogP contribution >= 0.6 is 0 Å². The molecule has 1 aromatic rings. The molecule has 0 radical (unpaired) electrons. The summed E-state index contributed by atoms with van der Waals surface area (Å²) in [5, 5.41) is 0. The van der Waals surface area contributed by atoms with Crippen molar-refractivity contribution in [2.24, 2.45) is 11.8 Å². The number of hydrogen-bond donors (Lipinski definition) is 0. The van der Waals surface area contributed by atoms with Crippen LogP contribution in [0.25, 0.3) is 0 Å². The largest absolute Gasteiger partial charge is 0.308 e. The van der Waals surface area contributed by atoms with Gasteiger partial charge in [0.2, 0.25) is 5.91 Å². The highest BCUT2D eigenvalue weighted by atomic mass is 16.2. The molecule has 5 unspecified atom stereocenters. The zero-order chi connectivity index (χ0) is 16.1. The van der Waals surface area contributed by atoms with Gasteiger partial charge in [0.05, 0.1) is 6.04 Å². The van der Waals surface area contributed by atoms with Crippen molar-refractivity contribution in [3.63, 3.8) is 0 Å². The Morgan fingerprint density at radius 3 is 3.04 bits per heavy atom. The highest BCUT2D eigenvalue weighted by Gasteiger charge is 2.68. The molecule has 1 spiro atoms. The number of rotatable bonds is 0. The van der Waals surface area contributed by atoms with Crippen LogP contribution in [0.2, 0.25) is 0 Å². The second-order valence-corrected chi connectivity index (χ2v) is 8.41. The van der Waals surface area contributed by atoms with E-state index in [1.807, 2.05) is 0 Å². The van der Waals surface area contributed by atoms with Crippen molar-refractivity contribution in [2.75, 3.05) is 18.0 Å². The number of carbonyl (C=O) groups is 1. The summed E-state index contributed by atoms with van der Waals surface area (Å²) in [6, 6.07) is 9.85. The first-order valence-corrected chi connectivity index (χ1v) is 9.56. The lowest BCUT2D eigenvalue weighted by atomic mass is 9.54. The van der Waals surface area contributed by atoms with E-state index in [9.17, 15) is 4.79 Å². The molecule has 0 aromatic heterocycles. The molecule has 0 N–H and O–H groups in total. The standard InChI is InChI=1S/C21H24N2O/c1-2-13-12-22-10-9-21-16-5-3-4-6-17(16)23-19(24)8-7-14(20(21)23)15(13)11-18(21)22/h2-6,14-15,18,20H,7-12H2,1H3. The van der Waals surface area contributed by atoms with Crippen LogP contribution in [0.3, 0.4) is 0 Å². The van der Waals surface area contributed by atoms with Gasteiger partial charge >= 0.3 is 0 Å². The van der Waals surface area contributed by atoms with E-state index in [-0.39, 0.29) is 5.41 Å². The highest BCUT2D eigenvalue weighted by molar-refractivity contribution is 5.98. The summed E-state index contributed by atoms with van der Waals surface area (Å²) in [5.41, 5.74) is 4.54. The predicted octanol–water partition coefficient (Wildman–Crippen LogP) is 3.10. The third-order valence-electron chi connectivity index (χ3n) is 7.91. The highest BCUT2D eigenvalue weighted by Crippen LogP contribution is 2.64. The number of allylic oxidation sites excluding steroid dienone is 1. The maximum Gasteiger partial charge on any atom is 0.227 e. The van der Waals surface area contributed by atoms with Crippen LogP contribution in [0.4, 0.5) is 5.69 Å². The quantitative estimate of drug-likeness (QED) is 0.686. The van der Waals surface area contributed by atoms with Crippen molar-refractivity contribution in [3.8, 4) is 0 Å². The Morgan fingerprint density at radius 2 is 2.17 bits per heavy atom. The lowest BCUT2D eigenvalue weighted by Gasteiger charge is -2.57. The molecule has 1 aromatic carbocycles. The summed E-state index contributed by atoms with van der Waals surface area (Å²) >= 11 is 0. The van der Waals surface area contributed by atoms with Gasteiger partial charge in [0.15, 0.2) is 0 Å². The summed E-state index contributed by atoms with van der Waals surface area (Å²) < 4.78 is 0. The Kier molecular flexibility index (Phi) is 2.46. The van der Waals surface area contributed by atoms with Crippen molar-refractivity contribution in [3.05, 3.63) is 41.5 Å². The van der Waals surface area contributed by atoms with Crippen LogP contribution in [-0.2, 0) is 10.2 Å². The summed E-state index contributed by atoms with van der Waals surface area (Å²) in [6.45, 7) is 4.56. The number of nitrogens with zero attached hydrogens (tertiary/aromatic N) is 2. The zero-order valence-electron chi connectivity index (χ0n) is 14.2. The monoisotopic (exact) mass is 320 g/mol. The second-order valence-electron chi connectivity index (χ2n) is 8.41. The molecule has 4 fully saturated rings. The average Bonchev–Trinajstić information content (AvgIpc) is 3.15. The molecule has 6 rings (SSSR count). The number of benzene rings is 1. The fourth-order valence-electron chi connectivity index (χ4n) is 7.15. The van der Waals surface area contributed by atoms with Crippen LogP contribution in [0.15, 0.2) is 35.9 Å². The normalized spacial score (nSPS) is 44.0. The molecule has 1 amide bonds. The first-order valence-electron chi connectivity index (χ1n) is 9.56. The molecule has 3 nitrogen and oxygen atoms in total. The lowest BCUT2D eigenvalue weighted by Crippen LogP contribution is -2.66. The van der Waals surface area contributed by atoms with E-state index >= 15 is 0 Å². The molecule has 1 aliphatic carbocycles. The van der Waals surface area contributed by atoms with Crippen molar-refractivity contribution in [1.82, 2.24) is 4.90 Å². The van der Waals surface area contributed by atoms with Crippen molar-refractivity contribution >= 4 is 11.6 Å². The molecular formula is C21H24N2O. The van der Waals surface area contributed by atoms with E-state index in [2.05, 4.69) is 47.1 Å². The number of fused-ring (bicyclic) bond motifs is 4. The van der Waals surface area contributed by atoms with E-state index in [1.54, 1.807) is 5.57 Å². The van der Waals surface area contributed by atoms with Gasteiger partial charge in [0, 0.05) is 30.1 Å². The van der Waals surface area contributed by atoms with Gasteiger partial charge in [0.1, 0.15) is 0 Å². The number of amides is 1. The third-order valence-corrected chi connectivity index (χ3v) is 7.91. The number of para-hydroxylation sites is 1. The third kappa shape index (κ3) is 1.31. The molecule has 24 heavy (non-hydrogen) atoms. The van der Waals surface area contributed by atoms with Crippen molar-refractivity contribution in [2.45, 2.75) is 50.1 Å². The summed E-state index contributed by atoms with van der Waals surface area (Å²) in [6.07, 6.45) is 6.72. The molecule has 5 aliphatic rings.